The van der Waals surface area contributed by atoms with E-state index in [0.29, 0.717) is 25.6 Å². The van der Waals surface area contributed by atoms with E-state index in [-0.39, 0.29) is 17.6 Å². The van der Waals surface area contributed by atoms with Gasteiger partial charge in [0.15, 0.2) is 0 Å². The minimum Gasteiger partial charge on any atom is -0.378 e. The molecule has 7 heteroatoms. The molecule has 19 heavy (non-hydrogen) atoms. The number of carbonyl (C=O) groups is 1. The number of aromatic nitrogens is 3. The van der Waals surface area contributed by atoms with E-state index in [2.05, 4.69) is 20.5 Å². The Morgan fingerprint density at radius 2 is 2.42 bits per heavy atom. The number of hydrogen-bond donors (Lipinski definition) is 2. The zero-order chi connectivity index (χ0) is 13.9. The molecule has 0 spiro atoms. The van der Waals surface area contributed by atoms with Crippen LogP contribution in [0.2, 0.25) is 0 Å². The van der Waals surface area contributed by atoms with Crippen molar-refractivity contribution in [2.45, 2.75) is 31.8 Å². The van der Waals surface area contributed by atoms with E-state index in [1.54, 1.807) is 7.11 Å². The minimum absolute atomic E-state index is 0.161. The van der Waals surface area contributed by atoms with Gasteiger partial charge in [0.1, 0.15) is 11.4 Å². The molecule has 1 aliphatic rings. The lowest BCUT2D eigenvalue weighted by Crippen LogP contribution is -2.45. The molecule has 0 radical (unpaired) electrons. The second-order valence-electron chi connectivity index (χ2n) is 5.07. The van der Waals surface area contributed by atoms with Crippen molar-refractivity contribution >= 4 is 5.91 Å². The van der Waals surface area contributed by atoms with Crippen LogP contribution < -0.4 is 5.32 Å². The standard InChI is InChI=1S/C12H20N4O3/c1-8(2)9-14-10(16-15-9)11(17)13-6-12(18-3)4-5-19-7-12/h8H,4-7H2,1-3H3,(H,13,17)(H,14,15,16). The third-order valence-corrected chi connectivity index (χ3v) is 3.32. The van der Waals surface area contributed by atoms with Gasteiger partial charge in [-0.25, -0.2) is 4.98 Å². The van der Waals surface area contributed by atoms with E-state index in [4.69, 9.17) is 9.47 Å². The van der Waals surface area contributed by atoms with Crippen LogP contribution in [0.15, 0.2) is 0 Å². The molecule has 0 bridgehead atoms. The maximum atomic E-state index is 11.9. The number of hydrogen-bond acceptors (Lipinski definition) is 5. The van der Waals surface area contributed by atoms with Gasteiger partial charge in [-0.1, -0.05) is 13.8 Å². The first kappa shape index (κ1) is 14.0. The first-order chi connectivity index (χ1) is 9.06. The number of carbonyl (C=O) groups excluding carboxylic acids is 1. The molecule has 1 aliphatic heterocycles. The molecule has 0 aromatic carbocycles. The topological polar surface area (TPSA) is 89.1 Å². The Morgan fingerprint density at radius 1 is 1.63 bits per heavy atom. The van der Waals surface area contributed by atoms with E-state index in [9.17, 15) is 4.79 Å². The van der Waals surface area contributed by atoms with Crippen LogP contribution in [0.5, 0.6) is 0 Å². The Labute approximate surface area is 112 Å². The summed E-state index contributed by atoms with van der Waals surface area (Å²) in [6.45, 7) is 5.51. The molecule has 1 aromatic heterocycles. The van der Waals surface area contributed by atoms with Crippen molar-refractivity contribution in [1.82, 2.24) is 20.5 Å². The lowest BCUT2D eigenvalue weighted by atomic mass is 10.0. The van der Waals surface area contributed by atoms with Crippen LogP contribution in [0.25, 0.3) is 0 Å². The van der Waals surface area contributed by atoms with E-state index in [1.807, 2.05) is 13.8 Å². The molecule has 2 rings (SSSR count). The molecule has 1 atom stereocenters. The lowest BCUT2D eigenvalue weighted by molar-refractivity contribution is -0.0149. The number of amides is 1. The van der Waals surface area contributed by atoms with Gasteiger partial charge in [-0.15, -0.1) is 5.10 Å². The minimum atomic E-state index is -0.424. The largest absolute Gasteiger partial charge is 0.378 e. The van der Waals surface area contributed by atoms with Gasteiger partial charge in [-0.3, -0.25) is 9.89 Å². The van der Waals surface area contributed by atoms with Crippen molar-refractivity contribution in [3.8, 4) is 0 Å². The average Bonchev–Trinajstić information content (AvgIpc) is 3.06. The Bertz CT molecular complexity index is 438. The summed E-state index contributed by atoms with van der Waals surface area (Å²) in [6, 6.07) is 0. The number of aromatic amines is 1. The molecule has 1 unspecified atom stereocenters. The maximum Gasteiger partial charge on any atom is 0.291 e. The summed E-state index contributed by atoms with van der Waals surface area (Å²) >= 11 is 0. The molecule has 1 saturated heterocycles. The van der Waals surface area contributed by atoms with Crippen LogP contribution in [-0.4, -0.2) is 53.6 Å². The molecule has 0 saturated carbocycles. The van der Waals surface area contributed by atoms with Crippen LogP contribution in [-0.2, 0) is 9.47 Å². The first-order valence-electron chi connectivity index (χ1n) is 6.40. The van der Waals surface area contributed by atoms with E-state index < -0.39 is 5.60 Å². The summed E-state index contributed by atoms with van der Waals surface area (Å²) in [6.07, 6.45) is 0.773. The van der Waals surface area contributed by atoms with Gasteiger partial charge in [0.05, 0.1) is 6.61 Å². The van der Waals surface area contributed by atoms with Crippen molar-refractivity contribution in [1.29, 1.82) is 0 Å². The van der Waals surface area contributed by atoms with Crippen LogP contribution in [0.4, 0.5) is 0 Å². The Hall–Kier alpha value is -1.47. The van der Waals surface area contributed by atoms with Crippen molar-refractivity contribution in [2.24, 2.45) is 0 Å². The summed E-state index contributed by atoms with van der Waals surface area (Å²) in [5.74, 6) is 0.777. The number of rotatable bonds is 5. The predicted molar refractivity (Wildman–Crippen MR) is 68.0 cm³/mol. The summed E-state index contributed by atoms with van der Waals surface area (Å²) in [5.41, 5.74) is -0.424. The highest BCUT2D eigenvalue weighted by molar-refractivity contribution is 5.90. The van der Waals surface area contributed by atoms with E-state index >= 15 is 0 Å². The summed E-state index contributed by atoms with van der Waals surface area (Å²) in [5, 5.41) is 9.47. The zero-order valence-electron chi connectivity index (χ0n) is 11.5. The molecule has 2 heterocycles. The Kier molecular flexibility index (Phi) is 4.16. The van der Waals surface area contributed by atoms with E-state index in [0.717, 1.165) is 6.42 Å². The third-order valence-electron chi connectivity index (χ3n) is 3.32. The smallest absolute Gasteiger partial charge is 0.291 e. The van der Waals surface area contributed by atoms with Gasteiger partial charge < -0.3 is 14.8 Å². The quantitative estimate of drug-likeness (QED) is 0.810. The van der Waals surface area contributed by atoms with Gasteiger partial charge >= 0.3 is 0 Å². The second-order valence-corrected chi connectivity index (χ2v) is 5.07. The molecule has 1 amide bonds. The molecule has 106 valence electrons. The van der Waals surface area contributed by atoms with Crippen LogP contribution in [0.3, 0.4) is 0 Å². The van der Waals surface area contributed by atoms with Gasteiger partial charge in [-0.2, -0.15) is 0 Å². The van der Waals surface area contributed by atoms with Gasteiger partial charge in [0, 0.05) is 32.6 Å². The molecule has 1 aromatic rings. The summed E-state index contributed by atoms with van der Waals surface area (Å²) in [4.78, 5) is 16.1. The first-order valence-corrected chi connectivity index (χ1v) is 6.40. The van der Waals surface area contributed by atoms with Gasteiger partial charge in [-0.05, 0) is 0 Å². The van der Waals surface area contributed by atoms with Gasteiger partial charge in [0.25, 0.3) is 5.91 Å². The monoisotopic (exact) mass is 268 g/mol. The Balaban J connectivity index is 1.93. The lowest BCUT2D eigenvalue weighted by Gasteiger charge is -2.25. The molecule has 2 N–H and O–H groups in total. The molecule has 7 nitrogen and oxygen atoms in total. The number of nitrogens with one attached hydrogen (secondary N) is 2. The molecular formula is C12H20N4O3. The summed E-state index contributed by atoms with van der Waals surface area (Å²) in [7, 11) is 1.63. The molecule has 1 fully saturated rings. The zero-order valence-corrected chi connectivity index (χ0v) is 11.5. The fourth-order valence-electron chi connectivity index (χ4n) is 1.92. The Morgan fingerprint density at radius 3 is 2.95 bits per heavy atom. The highest BCUT2D eigenvalue weighted by Crippen LogP contribution is 2.21. The highest BCUT2D eigenvalue weighted by Gasteiger charge is 2.35. The third kappa shape index (κ3) is 3.10. The fourth-order valence-corrected chi connectivity index (χ4v) is 1.92. The van der Waals surface area contributed by atoms with Crippen molar-refractivity contribution < 1.29 is 14.3 Å². The number of methoxy groups -OCH3 is 1. The van der Waals surface area contributed by atoms with Crippen molar-refractivity contribution in [2.75, 3.05) is 26.9 Å². The van der Waals surface area contributed by atoms with Crippen LogP contribution in [0.1, 0.15) is 42.6 Å². The predicted octanol–water partition coefficient (Wildman–Crippen LogP) is 0.463. The van der Waals surface area contributed by atoms with Crippen molar-refractivity contribution in [3.63, 3.8) is 0 Å². The SMILES string of the molecule is COC1(CNC(=O)c2n[nH]c(C(C)C)n2)CCOC1. The number of ether oxygens (including phenoxy) is 2. The second kappa shape index (κ2) is 5.66. The average molecular weight is 268 g/mol. The van der Waals surface area contributed by atoms with Crippen LogP contribution >= 0.6 is 0 Å². The van der Waals surface area contributed by atoms with Crippen LogP contribution in [0, 0.1) is 0 Å². The normalized spacial score (nSPS) is 22.9. The summed E-state index contributed by atoms with van der Waals surface area (Å²) < 4.78 is 10.8. The number of H-pyrrole nitrogens is 1. The van der Waals surface area contributed by atoms with Crippen molar-refractivity contribution in [3.05, 3.63) is 11.6 Å². The number of nitrogens with zero attached hydrogens (tertiary/aromatic N) is 2. The fraction of sp³-hybridized carbons (Fsp3) is 0.750. The molecule has 0 aliphatic carbocycles. The van der Waals surface area contributed by atoms with Gasteiger partial charge in [0.2, 0.25) is 5.82 Å². The molecular weight excluding hydrogens is 248 g/mol. The van der Waals surface area contributed by atoms with E-state index in [1.165, 1.54) is 0 Å². The maximum absolute atomic E-state index is 11.9. The highest BCUT2D eigenvalue weighted by atomic mass is 16.5.